The van der Waals surface area contributed by atoms with E-state index in [9.17, 15) is 4.79 Å². The van der Waals surface area contributed by atoms with Gasteiger partial charge >= 0.3 is 0 Å². The molecule has 2 heterocycles. The monoisotopic (exact) mass is 478 g/mol. The van der Waals surface area contributed by atoms with Crippen LogP contribution in [-0.2, 0) is 4.79 Å². The zero-order valence-corrected chi connectivity index (χ0v) is 20.2. The summed E-state index contributed by atoms with van der Waals surface area (Å²) in [5.74, 6) is 0.896. The topological polar surface area (TPSA) is 33.2 Å². The van der Waals surface area contributed by atoms with Gasteiger partial charge in [0.05, 0.1) is 17.8 Å². The molecular weight excluding hydrogens is 451 g/mol. The van der Waals surface area contributed by atoms with E-state index in [1.165, 1.54) is 12.8 Å². The smallest absolute Gasteiger partial charge is 0.226 e. The van der Waals surface area contributed by atoms with Crippen LogP contribution in [0.15, 0.2) is 72.9 Å². The molecule has 170 valence electrons. The number of aromatic nitrogens is 1. The summed E-state index contributed by atoms with van der Waals surface area (Å²) in [4.78, 5) is 20.7. The minimum absolute atomic E-state index is 0.0590. The van der Waals surface area contributed by atoms with E-state index >= 15 is 0 Å². The molecule has 4 atom stereocenters. The van der Waals surface area contributed by atoms with E-state index in [2.05, 4.69) is 36.1 Å². The largest absolute Gasteiger partial charge is 0.326 e. The first-order chi connectivity index (χ1) is 16.0. The molecule has 5 heteroatoms. The van der Waals surface area contributed by atoms with Crippen LogP contribution < -0.4 is 0 Å². The van der Waals surface area contributed by atoms with E-state index in [0.29, 0.717) is 10.9 Å². The fourth-order valence-corrected chi connectivity index (χ4v) is 5.60. The molecule has 1 aliphatic carbocycles. The van der Waals surface area contributed by atoms with Crippen LogP contribution in [-0.4, -0.2) is 15.8 Å². The van der Waals surface area contributed by atoms with E-state index in [4.69, 9.17) is 28.2 Å². The second-order valence-electron chi connectivity index (χ2n) is 9.49. The summed E-state index contributed by atoms with van der Waals surface area (Å²) in [5.41, 5.74) is 3.23. The highest BCUT2D eigenvalue weighted by atomic mass is 35.5. The number of halogens is 2. The molecule has 1 saturated carbocycles. The zero-order valence-electron chi connectivity index (χ0n) is 18.7. The van der Waals surface area contributed by atoms with E-state index in [0.717, 1.165) is 34.7 Å². The summed E-state index contributed by atoms with van der Waals surface area (Å²) in [5, 5.41) is 1.41. The molecule has 3 aromatic rings. The Morgan fingerprint density at radius 3 is 2.42 bits per heavy atom. The van der Waals surface area contributed by atoms with Crippen molar-refractivity contribution in [2.75, 3.05) is 0 Å². The molecule has 1 aliphatic heterocycles. The normalized spacial score (nSPS) is 24.0. The Balaban J connectivity index is 1.66. The maximum Gasteiger partial charge on any atom is 0.226 e. The number of rotatable bonds is 6. The first-order valence-electron chi connectivity index (χ1n) is 11.8. The van der Waals surface area contributed by atoms with Crippen molar-refractivity contribution in [2.45, 2.75) is 50.6 Å². The maximum atomic E-state index is 13.9. The van der Waals surface area contributed by atoms with Gasteiger partial charge in [0.1, 0.15) is 0 Å². The van der Waals surface area contributed by atoms with Crippen molar-refractivity contribution < 1.29 is 4.79 Å². The average Bonchev–Trinajstić information content (AvgIpc) is 3.65. The van der Waals surface area contributed by atoms with Crippen LogP contribution in [0.25, 0.3) is 0 Å². The number of amides is 1. The summed E-state index contributed by atoms with van der Waals surface area (Å²) in [6.45, 7) is 2.05. The summed E-state index contributed by atoms with van der Waals surface area (Å²) in [6.07, 6.45) is 6.01. The van der Waals surface area contributed by atoms with E-state index in [1.54, 1.807) is 0 Å². The van der Waals surface area contributed by atoms with Gasteiger partial charge in [-0.15, -0.1) is 0 Å². The van der Waals surface area contributed by atoms with Gasteiger partial charge in [-0.2, -0.15) is 0 Å². The molecule has 2 fully saturated rings. The van der Waals surface area contributed by atoms with Crippen LogP contribution in [0.2, 0.25) is 10.0 Å². The number of pyridine rings is 1. The van der Waals surface area contributed by atoms with Crippen LogP contribution in [0.3, 0.4) is 0 Å². The predicted octanol–water partition coefficient (Wildman–Crippen LogP) is 7.62. The Morgan fingerprint density at radius 1 is 0.970 bits per heavy atom. The number of carbonyl (C=O) groups excluding carboxylic acids is 1. The fourth-order valence-electron chi connectivity index (χ4n) is 5.27. The molecule has 0 unspecified atom stereocenters. The van der Waals surface area contributed by atoms with E-state index < -0.39 is 0 Å². The van der Waals surface area contributed by atoms with Crippen molar-refractivity contribution in [2.24, 2.45) is 11.8 Å². The van der Waals surface area contributed by atoms with Crippen LogP contribution in [0.5, 0.6) is 0 Å². The number of hydrogen-bond donors (Lipinski definition) is 0. The van der Waals surface area contributed by atoms with Crippen molar-refractivity contribution in [3.05, 3.63) is 99.8 Å². The lowest BCUT2D eigenvalue weighted by atomic mass is 9.75. The Hall–Kier alpha value is -2.36. The van der Waals surface area contributed by atoms with Crippen molar-refractivity contribution in [3.63, 3.8) is 0 Å². The summed E-state index contributed by atoms with van der Waals surface area (Å²) >= 11 is 12.6. The molecule has 3 nitrogen and oxygen atoms in total. The van der Waals surface area contributed by atoms with Crippen molar-refractivity contribution >= 4 is 29.1 Å². The number of piperidine rings is 1. The number of hydrogen-bond acceptors (Lipinski definition) is 2. The van der Waals surface area contributed by atoms with E-state index in [-0.39, 0.29) is 29.8 Å². The molecule has 0 bridgehead atoms. The molecular formula is C28H28Cl2N2O. The lowest BCUT2D eigenvalue weighted by Crippen LogP contribution is -2.48. The van der Waals surface area contributed by atoms with Crippen molar-refractivity contribution in [3.8, 4) is 0 Å². The first kappa shape index (κ1) is 22.4. The van der Waals surface area contributed by atoms with Crippen LogP contribution in [0.4, 0.5) is 0 Å². The van der Waals surface area contributed by atoms with Crippen LogP contribution >= 0.6 is 23.2 Å². The van der Waals surface area contributed by atoms with Crippen molar-refractivity contribution in [1.82, 2.24) is 9.88 Å². The van der Waals surface area contributed by atoms with E-state index in [1.807, 2.05) is 48.7 Å². The van der Waals surface area contributed by atoms with Crippen LogP contribution in [0, 0.1) is 11.8 Å². The van der Waals surface area contributed by atoms with Crippen LogP contribution in [0.1, 0.15) is 67.4 Å². The van der Waals surface area contributed by atoms with Gasteiger partial charge in [0, 0.05) is 28.1 Å². The lowest BCUT2D eigenvalue weighted by Gasteiger charge is -2.48. The highest BCUT2D eigenvalue weighted by Gasteiger charge is 2.46. The van der Waals surface area contributed by atoms with Crippen molar-refractivity contribution in [1.29, 1.82) is 0 Å². The molecule has 0 N–H and O–H groups in total. The van der Waals surface area contributed by atoms with Gasteiger partial charge in [-0.25, -0.2) is 0 Å². The number of benzene rings is 2. The molecule has 1 amide bonds. The molecule has 33 heavy (non-hydrogen) atoms. The molecule has 1 aromatic heterocycles. The van der Waals surface area contributed by atoms with Gasteiger partial charge in [0.25, 0.3) is 0 Å². The van der Waals surface area contributed by atoms with Gasteiger partial charge in [0.2, 0.25) is 5.91 Å². The number of carbonyl (C=O) groups is 1. The minimum atomic E-state index is -0.116. The van der Waals surface area contributed by atoms with Gasteiger partial charge in [-0.3, -0.25) is 9.78 Å². The van der Waals surface area contributed by atoms with Gasteiger partial charge in [-0.1, -0.05) is 73.3 Å². The maximum absolute atomic E-state index is 13.9. The average molecular weight is 479 g/mol. The third-order valence-corrected chi connectivity index (χ3v) is 7.56. The highest BCUT2D eigenvalue weighted by molar-refractivity contribution is 6.30. The molecule has 0 radical (unpaired) electrons. The second-order valence-corrected chi connectivity index (χ2v) is 10.4. The lowest BCUT2D eigenvalue weighted by molar-refractivity contribution is -0.146. The Bertz CT molecular complexity index is 1110. The number of nitrogens with zero attached hydrogens (tertiary/aromatic N) is 2. The zero-order chi connectivity index (χ0) is 22.9. The standard InChI is InChI=1S/C28H28Cl2N2O/c1-18-15-24(21-5-4-6-23(30)17-21)27(20-10-12-22(29)13-11-20)32(28(18)33)26(16-19-8-9-19)25-7-2-3-14-31-25/h2-7,10-14,17-19,24,26-27H,8-9,15-16H2,1H3/t18-,24-,26-,27-/m1/s1. The minimum Gasteiger partial charge on any atom is -0.326 e. The third kappa shape index (κ3) is 4.81. The second kappa shape index (κ2) is 9.48. The van der Waals surface area contributed by atoms with Gasteiger partial charge in [-0.05, 0) is 66.3 Å². The first-order valence-corrected chi connectivity index (χ1v) is 12.5. The van der Waals surface area contributed by atoms with Gasteiger partial charge in [0.15, 0.2) is 0 Å². The summed E-state index contributed by atoms with van der Waals surface area (Å²) in [7, 11) is 0. The Morgan fingerprint density at radius 2 is 1.76 bits per heavy atom. The molecule has 2 aromatic carbocycles. The molecule has 1 saturated heterocycles. The predicted molar refractivity (Wildman–Crippen MR) is 133 cm³/mol. The summed E-state index contributed by atoms with van der Waals surface area (Å²) < 4.78 is 0. The summed E-state index contributed by atoms with van der Waals surface area (Å²) in [6, 6.07) is 21.9. The number of likely N-dealkylation sites (tertiary alicyclic amines) is 1. The Kier molecular flexibility index (Phi) is 6.44. The quantitative estimate of drug-likeness (QED) is 0.364. The SMILES string of the molecule is C[C@@H]1C[C@H](c2cccc(Cl)c2)[C@@H](c2ccc(Cl)cc2)N([C@H](CC2CC2)c2ccccn2)C1=O. The fraction of sp³-hybridized carbons (Fsp3) is 0.357. The Labute approximate surface area is 205 Å². The third-order valence-electron chi connectivity index (χ3n) is 7.07. The van der Waals surface area contributed by atoms with Gasteiger partial charge < -0.3 is 4.90 Å². The molecule has 5 rings (SSSR count). The molecule has 0 spiro atoms. The highest BCUT2D eigenvalue weighted by Crippen LogP contribution is 2.51. The molecule has 2 aliphatic rings.